The predicted octanol–water partition coefficient (Wildman–Crippen LogP) is 1.56. The smallest absolute Gasteiger partial charge is 0.237 e. The van der Waals surface area contributed by atoms with E-state index in [1.165, 1.54) is 0 Å². The van der Waals surface area contributed by atoms with E-state index in [1.807, 2.05) is 26.0 Å². The van der Waals surface area contributed by atoms with Crippen molar-refractivity contribution in [2.75, 3.05) is 0 Å². The highest BCUT2D eigenvalue weighted by Gasteiger charge is 2.11. The van der Waals surface area contributed by atoms with Gasteiger partial charge in [0, 0.05) is 6.20 Å². The van der Waals surface area contributed by atoms with Crippen molar-refractivity contribution in [2.45, 2.75) is 39.3 Å². The minimum absolute atomic E-state index is 0. The number of carbonyl (C=O) groups excluding carboxylic acids is 1. The molecule has 0 aliphatic heterocycles. The summed E-state index contributed by atoms with van der Waals surface area (Å²) < 4.78 is 0. The van der Waals surface area contributed by atoms with Crippen molar-refractivity contribution in [1.29, 1.82) is 0 Å². The number of halogens is 1. The van der Waals surface area contributed by atoms with Gasteiger partial charge in [-0.1, -0.05) is 19.4 Å². The second-order valence-electron chi connectivity index (χ2n) is 3.88. The molecule has 5 heteroatoms. The molecule has 0 aliphatic rings. The van der Waals surface area contributed by atoms with E-state index in [0.717, 1.165) is 17.7 Å². The molecule has 3 N–H and O–H groups in total. The fourth-order valence-electron chi connectivity index (χ4n) is 1.45. The molecule has 0 fully saturated rings. The first-order valence-electron chi connectivity index (χ1n) is 5.59. The Balaban J connectivity index is 0.00000256. The van der Waals surface area contributed by atoms with Gasteiger partial charge in [-0.05, 0) is 25.0 Å². The average Bonchev–Trinajstić information content (AvgIpc) is 2.28. The maximum atomic E-state index is 11.6. The lowest BCUT2D eigenvalue weighted by atomic mass is 10.1. The van der Waals surface area contributed by atoms with Crippen molar-refractivity contribution in [1.82, 2.24) is 10.3 Å². The molecule has 1 amide bonds. The summed E-state index contributed by atoms with van der Waals surface area (Å²) in [5.74, 6) is -0.105. The number of rotatable bonds is 5. The van der Waals surface area contributed by atoms with Gasteiger partial charge in [0.2, 0.25) is 5.91 Å². The molecular weight excluding hydrogens is 238 g/mol. The van der Waals surface area contributed by atoms with Crippen molar-refractivity contribution in [3.05, 3.63) is 29.6 Å². The Kier molecular flexibility index (Phi) is 7.50. The molecule has 1 heterocycles. The van der Waals surface area contributed by atoms with Gasteiger partial charge in [-0.3, -0.25) is 9.78 Å². The first kappa shape index (κ1) is 15.9. The molecule has 1 aromatic heterocycles. The fourth-order valence-corrected chi connectivity index (χ4v) is 1.45. The largest absolute Gasteiger partial charge is 0.349 e. The highest BCUT2D eigenvalue weighted by Crippen LogP contribution is 2.02. The van der Waals surface area contributed by atoms with Crippen LogP contribution in [0.5, 0.6) is 0 Å². The van der Waals surface area contributed by atoms with Crippen LogP contribution < -0.4 is 11.1 Å². The third-order valence-electron chi connectivity index (χ3n) is 2.48. The molecule has 1 aromatic rings. The summed E-state index contributed by atoms with van der Waals surface area (Å²) in [5.41, 5.74) is 7.66. The number of pyridine rings is 1. The van der Waals surface area contributed by atoms with Crippen LogP contribution in [0.2, 0.25) is 0 Å². The zero-order valence-corrected chi connectivity index (χ0v) is 11.1. The number of hydrogen-bond donors (Lipinski definition) is 2. The lowest BCUT2D eigenvalue weighted by Gasteiger charge is -2.11. The van der Waals surface area contributed by atoms with Gasteiger partial charge < -0.3 is 11.1 Å². The van der Waals surface area contributed by atoms with Gasteiger partial charge in [-0.25, -0.2) is 0 Å². The number of amides is 1. The Hall–Kier alpha value is -1.13. The van der Waals surface area contributed by atoms with E-state index < -0.39 is 6.04 Å². The normalized spacial score (nSPS) is 11.5. The molecule has 96 valence electrons. The van der Waals surface area contributed by atoms with Crippen molar-refractivity contribution in [2.24, 2.45) is 5.73 Å². The molecule has 0 bridgehead atoms. The first-order valence-corrected chi connectivity index (χ1v) is 5.59. The van der Waals surface area contributed by atoms with Gasteiger partial charge in [-0.15, -0.1) is 12.4 Å². The Morgan fingerprint density at radius 3 is 2.88 bits per heavy atom. The van der Waals surface area contributed by atoms with Crippen LogP contribution in [-0.2, 0) is 11.3 Å². The van der Waals surface area contributed by atoms with E-state index >= 15 is 0 Å². The van der Waals surface area contributed by atoms with Crippen molar-refractivity contribution in [3.63, 3.8) is 0 Å². The molecule has 0 aliphatic carbocycles. The minimum Gasteiger partial charge on any atom is -0.349 e. The van der Waals surface area contributed by atoms with Crippen LogP contribution in [0.3, 0.4) is 0 Å². The van der Waals surface area contributed by atoms with E-state index in [9.17, 15) is 4.79 Å². The van der Waals surface area contributed by atoms with Gasteiger partial charge in [0.25, 0.3) is 0 Å². The zero-order valence-electron chi connectivity index (χ0n) is 10.3. The van der Waals surface area contributed by atoms with E-state index in [4.69, 9.17) is 5.73 Å². The Bertz CT molecular complexity index is 357. The number of aryl methyl sites for hydroxylation is 1. The number of nitrogens with one attached hydrogen (secondary N) is 1. The summed E-state index contributed by atoms with van der Waals surface area (Å²) in [6, 6.07) is 3.44. The van der Waals surface area contributed by atoms with Crippen molar-refractivity contribution in [3.8, 4) is 0 Å². The number of carbonyl (C=O) groups is 1. The van der Waals surface area contributed by atoms with Crippen LogP contribution >= 0.6 is 12.4 Å². The third-order valence-corrected chi connectivity index (χ3v) is 2.48. The Morgan fingerprint density at radius 2 is 2.29 bits per heavy atom. The van der Waals surface area contributed by atoms with Crippen LogP contribution in [0.1, 0.15) is 31.0 Å². The topological polar surface area (TPSA) is 68.0 Å². The molecular formula is C12H20ClN3O. The molecule has 0 saturated heterocycles. The molecule has 0 radical (unpaired) electrons. The highest BCUT2D eigenvalue weighted by atomic mass is 35.5. The van der Waals surface area contributed by atoms with E-state index in [0.29, 0.717) is 13.0 Å². The first-order chi connectivity index (χ1) is 7.65. The molecule has 0 aromatic carbocycles. The molecule has 0 saturated carbocycles. The SMILES string of the molecule is CCCC(N)C(=O)NCc1ncccc1C.Cl. The lowest BCUT2D eigenvalue weighted by molar-refractivity contribution is -0.122. The molecule has 17 heavy (non-hydrogen) atoms. The van der Waals surface area contributed by atoms with Crippen LogP contribution in [-0.4, -0.2) is 16.9 Å². The summed E-state index contributed by atoms with van der Waals surface area (Å²) >= 11 is 0. The summed E-state index contributed by atoms with van der Waals surface area (Å²) in [6.45, 7) is 4.43. The zero-order chi connectivity index (χ0) is 12.0. The van der Waals surface area contributed by atoms with E-state index in [-0.39, 0.29) is 18.3 Å². The maximum absolute atomic E-state index is 11.6. The quantitative estimate of drug-likeness (QED) is 0.841. The number of hydrogen-bond acceptors (Lipinski definition) is 3. The lowest BCUT2D eigenvalue weighted by Crippen LogP contribution is -2.40. The second kappa shape index (κ2) is 8.03. The summed E-state index contributed by atoms with van der Waals surface area (Å²) in [7, 11) is 0. The summed E-state index contributed by atoms with van der Waals surface area (Å²) in [6.07, 6.45) is 3.35. The van der Waals surface area contributed by atoms with Crippen LogP contribution in [0.25, 0.3) is 0 Å². The Morgan fingerprint density at radius 1 is 1.59 bits per heavy atom. The summed E-state index contributed by atoms with van der Waals surface area (Å²) in [5, 5.41) is 2.80. The van der Waals surface area contributed by atoms with Gasteiger partial charge in [0.1, 0.15) is 0 Å². The molecule has 0 spiro atoms. The van der Waals surface area contributed by atoms with Crippen LogP contribution in [0, 0.1) is 6.92 Å². The van der Waals surface area contributed by atoms with Crippen molar-refractivity contribution < 1.29 is 4.79 Å². The molecule has 4 nitrogen and oxygen atoms in total. The third kappa shape index (κ3) is 5.15. The van der Waals surface area contributed by atoms with Gasteiger partial charge in [0.05, 0.1) is 18.3 Å². The van der Waals surface area contributed by atoms with Gasteiger partial charge in [0.15, 0.2) is 0 Å². The summed E-state index contributed by atoms with van der Waals surface area (Å²) in [4.78, 5) is 15.8. The minimum atomic E-state index is -0.408. The molecule has 1 unspecified atom stereocenters. The predicted molar refractivity (Wildman–Crippen MR) is 71.0 cm³/mol. The number of nitrogens with zero attached hydrogens (tertiary/aromatic N) is 1. The van der Waals surface area contributed by atoms with Gasteiger partial charge in [-0.2, -0.15) is 0 Å². The monoisotopic (exact) mass is 257 g/mol. The fraction of sp³-hybridized carbons (Fsp3) is 0.500. The van der Waals surface area contributed by atoms with E-state index in [1.54, 1.807) is 6.20 Å². The van der Waals surface area contributed by atoms with Crippen LogP contribution in [0.4, 0.5) is 0 Å². The molecule has 1 atom stereocenters. The standard InChI is InChI=1S/C12H19N3O.ClH/c1-3-5-10(13)12(16)15-8-11-9(2)6-4-7-14-11;/h4,6-7,10H,3,5,8,13H2,1-2H3,(H,15,16);1H. The van der Waals surface area contributed by atoms with E-state index in [2.05, 4.69) is 10.3 Å². The number of aromatic nitrogens is 1. The average molecular weight is 258 g/mol. The van der Waals surface area contributed by atoms with Crippen LogP contribution in [0.15, 0.2) is 18.3 Å². The second-order valence-corrected chi connectivity index (χ2v) is 3.88. The van der Waals surface area contributed by atoms with Gasteiger partial charge >= 0.3 is 0 Å². The maximum Gasteiger partial charge on any atom is 0.237 e. The molecule has 1 rings (SSSR count). The highest BCUT2D eigenvalue weighted by molar-refractivity contribution is 5.85. The van der Waals surface area contributed by atoms with Crippen molar-refractivity contribution >= 4 is 18.3 Å². The number of nitrogens with two attached hydrogens (primary N) is 1. The Labute approximate surface area is 108 Å².